The fraction of sp³-hybridized carbons (Fsp3) is 0.333. The third-order valence-corrected chi connectivity index (χ3v) is 2.99. The van der Waals surface area contributed by atoms with Crippen LogP contribution in [-0.4, -0.2) is 17.2 Å². The Labute approximate surface area is 109 Å². The largest absolute Gasteiger partial charge is 0.419 e. The second kappa shape index (κ2) is 5.46. The second-order valence-electron chi connectivity index (χ2n) is 3.79. The van der Waals surface area contributed by atoms with E-state index in [9.17, 15) is 4.39 Å². The summed E-state index contributed by atoms with van der Waals surface area (Å²) in [7, 11) is 1.80. The molecule has 1 heterocycles. The van der Waals surface area contributed by atoms with Gasteiger partial charge in [-0.1, -0.05) is 24.6 Å². The van der Waals surface area contributed by atoms with Gasteiger partial charge in [-0.3, -0.25) is 0 Å². The van der Waals surface area contributed by atoms with E-state index < -0.39 is 5.82 Å². The summed E-state index contributed by atoms with van der Waals surface area (Å²) in [5.74, 6) is 0.0475. The van der Waals surface area contributed by atoms with Crippen LogP contribution in [0.15, 0.2) is 22.6 Å². The second-order valence-corrected chi connectivity index (χ2v) is 4.20. The zero-order valence-corrected chi connectivity index (χ0v) is 10.8. The van der Waals surface area contributed by atoms with E-state index in [0.29, 0.717) is 5.89 Å². The summed E-state index contributed by atoms with van der Waals surface area (Å²) in [6.45, 7) is 1.99. The van der Waals surface area contributed by atoms with Gasteiger partial charge in [0.2, 0.25) is 5.89 Å². The number of hydrogen-bond acceptors (Lipinski definition) is 4. The standard InChI is InChI=1S/C12H13ClFN3O/c1-3-9(15-2)11-16-17-12(18-11)10-7(13)5-4-6-8(10)14/h4-6,9,15H,3H2,1-2H3. The van der Waals surface area contributed by atoms with E-state index in [0.717, 1.165) is 6.42 Å². The van der Waals surface area contributed by atoms with Crippen molar-refractivity contribution >= 4 is 11.6 Å². The summed E-state index contributed by atoms with van der Waals surface area (Å²) in [5.41, 5.74) is 0.142. The lowest BCUT2D eigenvalue weighted by Gasteiger charge is -2.07. The zero-order chi connectivity index (χ0) is 13.1. The predicted molar refractivity (Wildman–Crippen MR) is 66.8 cm³/mol. The topological polar surface area (TPSA) is 51.0 Å². The van der Waals surface area contributed by atoms with Crippen LogP contribution in [0.1, 0.15) is 25.3 Å². The van der Waals surface area contributed by atoms with Crippen LogP contribution < -0.4 is 5.32 Å². The zero-order valence-electron chi connectivity index (χ0n) is 10.1. The predicted octanol–water partition coefficient (Wildman–Crippen LogP) is 3.20. The lowest BCUT2D eigenvalue weighted by molar-refractivity contribution is 0.414. The van der Waals surface area contributed by atoms with Gasteiger partial charge in [0.15, 0.2) is 0 Å². The molecule has 0 spiro atoms. The Morgan fingerprint density at radius 2 is 2.22 bits per heavy atom. The van der Waals surface area contributed by atoms with Crippen molar-refractivity contribution < 1.29 is 8.81 Å². The highest BCUT2D eigenvalue weighted by Gasteiger charge is 2.19. The minimum Gasteiger partial charge on any atom is -0.419 e. The number of halogens is 2. The molecule has 0 aliphatic rings. The number of nitrogens with one attached hydrogen (secondary N) is 1. The Bertz CT molecular complexity index is 520. The van der Waals surface area contributed by atoms with Crippen molar-refractivity contribution in [3.05, 3.63) is 34.9 Å². The molecule has 1 aromatic heterocycles. The molecular formula is C12H13ClFN3O. The van der Waals surface area contributed by atoms with Gasteiger partial charge in [0.05, 0.1) is 16.6 Å². The van der Waals surface area contributed by atoms with Crippen molar-refractivity contribution in [3.8, 4) is 11.5 Å². The molecule has 0 radical (unpaired) electrons. The maximum atomic E-state index is 13.7. The molecular weight excluding hydrogens is 257 g/mol. The third-order valence-electron chi connectivity index (χ3n) is 2.67. The molecule has 1 unspecified atom stereocenters. The van der Waals surface area contributed by atoms with Crippen molar-refractivity contribution in [3.63, 3.8) is 0 Å². The van der Waals surface area contributed by atoms with E-state index in [-0.39, 0.29) is 22.5 Å². The fourth-order valence-electron chi connectivity index (χ4n) is 1.68. The molecule has 18 heavy (non-hydrogen) atoms. The number of nitrogens with zero attached hydrogens (tertiary/aromatic N) is 2. The minimum atomic E-state index is -0.477. The summed E-state index contributed by atoms with van der Waals surface area (Å²) in [5, 5.41) is 11.0. The Morgan fingerprint density at radius 1 is 1.44 bits per heavy atom. The van der Waals surface area contributed by atoms with Crippen molar-refractivity contribution in [1.82, 2.24) is 15.5 Å². The first kappa shape index (κ1) is 13.0. The molecule has 0 bridgehead atoms. The van der Waals surface area contributed by atoms with E-state index in [1.54, 1.807) is 13.1 Å². The lowest BCUT2D eigenvalue weighted by Crippen LogP contribution is -2.15. The molecule has 96 valence electrons. The van der Waals surface area contributed by atoms with Crippen LogP contribution in [0, 0.1) is 5.82 Å². The Morgan fingerprint density at radius 3 is 2.83 bits per heavy atom. The molecule has 6 heteroatoms. The summed E-state index contributed by atoms with van der Waals surface area (Å²) >= 11 is 5.94. The van der Waals surface area contributed by atoms with Crippen molar-refractivity contribution in [2.45, 2.75) is 19.4 Å². The first-order valence-electron chi connectivity index (χ1n) is 5.62. The van der Waals surface area contributed by atoms with Crippen LogP contribution in [0.25, 0.3) is 11.5 Å². The van der Waals surface area contributed by atoms with Crippen molar-refractivity contribution in [1.29, 1.82) is 0 Å². The molecule has 1 atom stereocenters. The Balaban J connectivity index is 2.41. The van der Waals surface area contributed by atoms with Crippen LogP contribution in [0.3, 0.4) is 0 Å². The average molecular weight is 270 g/mol. The van der Waals surface area contributed by atoms with Gasteiger partial charge < -0.3 is 9.73 Å². The molecule has 1 aromatic carbocycles. The molecule has 2 aromatic rings. The maximum absolute atomic E-state index is 13.7. The molecule has 4 nitrogen and oxygen atoms in total. The van der Waals surface area contributed by atoms with Gasteiger partial charge in [0.25, 0.3) is 5.89 Å². The molecule has 0 amide bonds. The maximum Gasteiger partial charge on any atom is 0.252 e. The average Bonchev–Trinajstić information content (AvgIpc) is 2.80. The van der Waals surface area contributed by atoms with Gasteiger partial charge in [0.1, 0.15) is 5.82 Å². The summed E-state index contributed by atoms with van der Waals surface area (Å²) in [6, 6.07) is 4.37. The summed E-state index contributed by atoms with van der Waals surface area (Å²) in [4.78, 5) is 0. The quantitative estimate of drug-likeness (QED) is 0.926. The molecule has 0 aliphatic carbocycles. The van der Waals surface area contributed by atoms with E-state index in [4.69, 9.17) is 16.0 Å². The van der Waals surface area contributed by atoms with Gasteiger partial charge in [0, 0.05) is 0 Å². The van der Waals surface area contributed by atoms with Gasteiger partial charge in [-0.2, -0.15) is 0 Å². The van der Waals surface area contributed by atoms with E-state index in [1.165, 1.54) is 12.1 Å². The third kappa shape index (κ3) is 2.37. The van der Waals surface area contributed by atoms with E-state index in [2.05, 4.69) is 15.5 Å². The lowest BCUT2D eigenvalue weighted by atomic mass is 10.2. The Kier molecular flexibility index (Phi) is 3.93. The van der Waals surface area contributed by atoms with Crippen molar-refractivity contribution in [2.75, 3.05) is 7.05 Å². The smallest absolute Gasteiger partial charge is 0.252 e. The normalized spacial score (nSPS) is 12.7. The highest BCUT2D eigenvalue weighted by atomic mass is 35.5. The number of benzene rings is 1. The molecule has 0 saturated carbocycles. The molecule has 1 N–H and O–H groups in total. The number of hydrogen-bond donors (Lipinski definition) is 1. The number of rotatable bonds is 4. The highest BCUT2D eigenvalue weighted by molar-refractivity contribution is 6.33. The van der Waals surface area contributed by atoms with Gasteiger partial charge in [-0.15, -0.1) is 10.2 Å². The highest BCUT2D eigenvalue weighted by Crippen LogP contribution is 2.30. The van der Waals surface area contributed by atoms with Crippen LogP contribution in [-0.2, 0) is 0 Å². The minimum absolute atomic E-state index is 0.0446. The molecule has 0 saturated heterocycles. The first-order chi connectivity index (χ1) is 8.67. The van der Waals surface area contributed by atoms with Gasteiger partial charge >= 0.3 is 0 Å². The van der Waals surface area contributed by atoms with Crippen LogP contribution >= 0.6 is 11.6 Å². The Hall–Kier alpha value is -1.46. The monoisotopic (exact) mass is 269 g/mol. The first-order valence-corrected chi connectivity index (χ1v) is 6.00. The molecule has 0 aliphatic heterocycles. The summed E-state index contributed by atoms with van der Waals surface area (Å²) in [6.07, 6.45) is 0.795. The van der Waals surface area contributed by atoms with Crippen LogP contribution in [0.2, 0.25) is 5.02 Å². The number of aromatic nitrogens is 2. The summed E-state index contributed by atoms with van der Waals surface area (Å²) < 4.78 is 19.1. The van der Waals surface area contributed by atoms with Gasteiger partial charge in [-0.25, -0.2) is 4.39 Å². The van der Waals surface area contributed by atoms with Gasteiger partial charge in [-0.05, 0) is 25.6 Å². The van der Waals surface area contributed by atoms with E-state index in [1.807, 2.05) is 6.92 Å². The fourth-order valence-corrected chi connectivity index (χ4v) is 1.92. The van der Waals surface area contributed by atoms with E-state index >= 15 is 0 Å². The molecule has 2 rings (SSSR count). The molecule has 0 fully saturated rings. The van der Waals surface area contributed by atoms with Crippen LogP contribution in [0.5, 0.6) is 0 Å². The SMILES string of the molecule is CCC(NC)c1nnc(-c2c(F)cccc2Cl)o1. The van der Waals surface area contributed by atoms with Crippen LogP contribution in [0.4, 0.5) is 4.39 Å². The van der Waals surface area contributed by atoms with Crippen molar-refractivity contribution in [2.24, 2.45) is 0 Å².